The quantitative estimate of drug-likeness (QED) is 0.489. The van der Waals surface area contributed by atoms with Gasteiger partial charge in [0, 0.05) is 6.20 Å². The molecule has 118 valence electrons. The van der Waals surface area contributed by atoms with Crippen LogP contribution in [0.1, 0.15) is 16.4 Å². The molecular formula is C18H15N5S. The number of hydrogen-bond acceptors (Lipinski definition) is 6. The predicted molar refractivity (Wildman–Crippen MR) is 101 cm³/mol. The molecule has 24 heavy (non-hydrogen) atoms. The summed E-state index contributed by atoms with van der Waals surface area (Å²) in [5.41, 5.74) is 14.1. The largest absolute Gasteiger partial charge is 0.383 e. The average Bonchev–Trinajstić information content (AvgIpc) is 2.60. The summed E-state index contributed by atoms with van der Waals surface area (Å²) in [4.78, 5) is 12.5. The normalized spacial score (nSPS) is 12.5. The van der Waals surface area contributed by atoms with Crippen LogP contribution in [0.15, 0.2) is 54.7 Å². The third kappa shape index (κ3) is 2.41. The molecule has 0 saturated carbocycles. The Morgan fingerprint density at radius 1 is 0.917 bits per heavy atom. The molecule has 0 spiro atoms. The number of rotatable bonds is 2. The number of hydrogen-bond donors (Lipinski definition) is 3. The monoisotopic (exact) mass is 333 g/mol. The van der Waals surface area contributed by atoms with E-state index in [-0.39, 0.29) is 11.2 Å². The fourth-order valence-corrected chi connectivity index (χ4v) is 3.25. The minimum absolute atomic E-state index is 0.122. The molecule has 4 N–H and O–H groups in total. The summed E-state index contributed by atoms with van der Waals surface area (Å²) in [5, 5.41) is 2.89. The van der Waals surface area contributed by atoms with Crippen molar-refractivity contribution in [2.45, 2.75) is 5.25 Å². The summed E-state index contributed by atoms with van der Waals surface area (Å²) in [6.07, 6.45) is 1.76. The van der Waals surface area contributed by atoms with E-state index in [1.165, 1.54) is 10.8 Å². The molecule has 6 heteroatoms. The Kier molecular flexibility index (Phi) is 3.46. The van der Waals surface area contributed by atoms with E-state index in [9.17, 15) is 0 Å². The molecule has 1 unspecified atom stereocenters. The molecule has 2 aromatic heterocycles. The lowest BCUT2D eigenvalue weighted by atomic mass is 9.98. The number of nitrogens with zero attached hydrogens (tertiary/aromatic N) is 3. The van der Waals surface area contributed by atoms with Crippen LogP contribution in [0, 0.1) is 0 Å². The summed E-state index contributed by atoms with van der Waals surface area (Å²) in [6, 6.07) is 16.4. The highest BCUT2D eigenvalue weighted by Crippen LogP contribution is 2.34. The fraction of sp³-hybridized carbons (Fsp3) is 0.0556. The van der Waals surface area contributed by atoms with Crippen molar-refractivity contribution in [1.29, 1.82) is 0 Å². The maximum atomic E-state index is 5.96. The maximum absolute atomic E-state index is 5.96. The van der Waals surface area contributed by atoms with Crippen molar-refractivity contribution in [3.63, 3.8) is 0 Å². The molecule has 0 aliphatic rings. The van der Waals surface area contributed by atoms with Gasteiger partial charge in [0.1, 0.15) is 5.82 Å². The molecule has 4 aromatic rings. The number of pyridine rings is 1. The first kappa shape index (κ1) is 14.7. The van der Waals surface area contributed by atoms with E-state index in [0.29, 0.717) is 16.9 Å². The Morgan fingerprint density at radius 3 is 2.58 bits per heavy atom. The lowest BCUT2D eigenvalue weighted by molar-refractivity contribution is 1.13. The van der Waals surface area contributed by atoms with Crippen LogP contribution in [0.25, 0.3) is 21.8 Å². The van der Waals surface area contributed by atoms with Crippen molar-refractivity contribution in [2.75, 3.05) is 11.5 Å². The van der Waals surface area contributed by atoms with Gasteiger partial charge >= 0.3 is 0 Å². The van der Waals surface area contributed by atoms with Gasteiger partial charge in [-0.25, -0.2) is 4.98 Å². The second kappa shape index (κ2) is 5.65. The molecule has 0 radical (unpaired) electrons. The summed E-state index contributed by atoms with van der Waals surface area (Å²) >= 11 is 4.82. The molecular weight excluding hydrogens is 318 g/mol. The van der Waals surface area contributed by atoms with Crippen molar-refractivity contribution in [2.24, 2.45) is 0 Å². The van der Waals surface area contributed by atoms with Gasteiger partial charge in [0.15, 0.2) is 5.65 Å². The van der Waals surface area contributed by atoms with E-state index in [1.807, 2.05) is 24.3 Å². The zero-order chi connectivity index (χ0) is 16.7. The Labute approximate surface area is 144 Å². The molecule has 0 bridgehead atoms. The molecule has 4 rings (SSSR count). The van der Waals surface area contributed by atoms with Gasteiger partial charge in [0.2, 0.25) is 5.95 Å². The summed E-state index contributed by atoms with van der Waals surface area (Å²) in [6.45, 7) is 0. The highest BCUT2D eigenvalue weighted by atomic mass is 32.1. The topological polar surface area (TPSA) is 90.7 Å². The molecule has 1 atom stereocenters. The van der Waals surface area contributed by atoms with Crippen LogP contribution >= 0.6 is 12.6 Å². The lowest BCUT2D eigenvalue weighted by Crippen LogP contribution is -2.03. The first-order valence-corrected chi connectivity index (χ1v) is 7.99. The number of nitrogens with two attached hydrogens (primary N) is 2. The number of nitrogen functional groups attached to an aromatic ring is 2. The minimum Gasteiger partial charge on any atom is -0.383 e. The summed E-state index contributed by atoms with van der Waals surface area (Å²) < 4.78 is 0. The number of benzene rings is 2. The molecule has 0 aliphatic carbocycles. The molecule has 5 nitrogen and oxygen atoms in total. The van der Waals surface area contributed by atoms with E-state index < -0.39 is 0 Å². The van der Waals surface area contributed by atoms with Crippen molar-refractivity contribution in [1.82, 2.24) is 15.0 Å². The molecule has 0 saturated heterocycles. The number of anilines is 2. The molecule has 0 fully saturated rings. The van der Waals surface area contributed by atoms with Crippen LogP contribution in [0.5, 0.6) is 0 Å². The highest BCUT2D eigenvalue weighted by Gasteiger charge is 2.15. The lowest BCUT2D eigenvalue weighted by Gasteiger charge is -2.15. The van der Waals surface area contributed by atoms with E-state index in [1.54, 1.807) is 6.20 Å². The standard InChI is InChI=1S/C18H15N5S/c19-16-14-8-11(9-21-17(14)23-18(20)22-16)15(24)13-7-3-5-10-4-1-2-6-12(10)13/h1-9,15,24H,(H4,19,20,21,22,23). The first-order valence-electron chi connectivity index (χ1n) is 7.48. The highest BCUT2D eigenvalue weighted by molar-refractivity contribution is 7.80. The third-order valence-electron chi connectivity index (χ3n) is 4.05. The Bertz CT molecular complexity index is 1060. The third-order valence-corrected chi connectivity index (χ3v) is 4.63. The molecule has 2 aromatic carbocycles. The van der Waals surface area contributed by atoms with Gasteiger partial charge in [0.25, 0.3) is 0 Å². The fourth-order valence-electron chi connectivity index (χ4n) is 2.89. The van der Waals surface area contributed by atoms with Gasteiger partial charge in [-0.1, -0.05) is 42.5 Å². The smallest absolute Gasteiger partial charge is 0.224 e. The van der Waals surface area contributed by atoms with Gasteiger partial charge in [0.05, 0.1) is 10.6 Å². The van der Waals surface area contributed by atoms with Gasteiger partial charge in [-0.2, -0.15) is 22.6 Å². The number of fused-ring (bicyclic) bond motifs is 2. The average molecular weight is 333 g/mol. The van der Waals surface area contributed by atoms with Crippen molar-refractivity contribution < 1.29 is 0 Å². The Balaban J connectivity index is 1.87. The molecule has 0 amide bonds. The van der Waals surface area contributed by atoms with Gasteiger partial charge in [-0.05, 0) is 28.0 Å². The zero-order valence-electron chi connectivity index (χ0n) is 12.7. The molecule has 0 aliphatic heterocycles. The zero-order valence-corrected chi connectivity index (χ0v) is 13.6. The van der Waals surface area contributed by atoms with Crippen LogP contribution in [-0.2, 0) is 0 Å². The SMILES string of the molecule is Nc1nc(N)c2cc(C(S)c3cccc4ccccc34)cnc2n1. The van der Waals surface area contributed by atoms with Gasteiger partial charge < -0.3 is 11.5 Å². The van der Waals surface area contributed by atoms with Crippen LogP contribution in [0.3, 0.4) is 0 Å². The minimum atomic E-state index is -0.134. The Morgan fingerprint density at radius 2 is 1.71 bits per heavy atom. The predicted octanol–water partition coefficient (Wildman–Crippen LogP) is 3.36. The first-order chi connectivity index (χ1) is 11.6. The summed E-state index contributed by atoms with van der Waals surface area (Å²) in [7, 11) is 0. The number of thiol groups is 1. The van der Waals surface area contributed by atoms with Gasteiger partial charge in [-0.3, -0.25) is 0 Å². The van der Waals surface area contributed by atoms with Crippen molar-refractivity contribution in [3.05, 3.63) is 65.9 Å². The molecule has 2 heterocycles. The second-order valence-corrected chi connectivity index (χ2v) is 6.09. The van der Waals surface area contributed by atoms with Crippen molar-refractivity contribution in [3.8, 4) is 0 Å². The number of aromatic nitrogens is 3. The van der Waals surface area contributed by atoms with Crippen LogP contribution in [-0.4, -0.2) is 15.0 Å². The maximum Gasteiger partial charge on any atom is 0.224 e. The van der Waals surface area contributed by atoms with Crippen molar-refractivity contribution >= 4 is 46.2 Å². The van der Waals surface area contributed by atoms with Gasteiger partial charge in [-0.15, -0.1) is 0 Å². The van der Waals surface area contributed by atoms with E-state index in [4.69, 9.17) is 24.1 Å². The van der Waals surface area contributed by atoms with E-state index >= 15 is 0 Å². The van der Waals surface area contributed by atoms with E-state index in [0.717, 1.165) is 11.1 Å². The van der Waals surface area contributed by atoms with E-state index in [2.05, 4.69) is 39.2 Å². The second-order valence-electron chi connectivity index (χ2n) is 5.58. The van der Waals surface area contributed by atoms with Crippen LogP contribution < -0.4 is 11.5 Å². The van der Waals surface area contributed by atoms with Crippen LogP contribution in [0.4, 0.5) is 11.8 Å². The summed E-state index contributed by atoms with van der Waals surface area (Å²) in [5.74, 6) is 0.446. The van der Waals surface area contributed by atoms with Crippen LogP contribution in [0.2, 0.25) is 0 Å². The Hall–Kier alpha value is -2.86.